The van der Waals surface area contributed by atoms with Gasteiger partial charge in [-0.25, -0.2) is 0 Å². The van der Waals surface area contributed by atoms with Gasteiger partial charge in [0.05, 0.1) is 18.4 Å². The minimum Gasteiger partial charge on any atom is -0.467 e. The lowest BCUT2D eigenvalue weighted by Gasteiger charge is -2.21. The summed E-state index contributed by atoms with van der Waals surface area (Å²) in [6.45, 7) is 2.34. The Balaban J connectivity index is 1.39. The molecule has 0 saturated heterocycles. The number of carbonyl (C=O) groups excluding carboxylic acids is 3. The molecule has 0 bridgehead atoms. The van der Waals surface area contributed by atoms with Crippen LogP contribution in [0.4, 0.5) is 0 Å². The fourth-order valence-electron chi connectivity index (χ4n) is 4.26. The molecule has 2 aliphatic carbocycles. The van der Waals surface area contributed by atoms with E-state index in [1.165, 1.54) is 0 Å². The van der Waals surface area contributed by atoms with Crippen molar-refractivity contribution in [2.45, 2.75) is 58.2 Å². The lowest BCUT2D eigenvalue weighted by atomic mass is 9.94. The second-order valence-electron chi connectivity index (χ2n) is 8.82. The van der Waals surface area contributed by atoms with E-state index in [-0.39, 0.29) is 29.9 Å². The first-order valence-electron chi connectivity index (χ1n) is 11.4. The Morgan fingerprint density at radius 3 is 2.55 bits per heavy atom. The van der Waals surface area contributed by atoms with Crippen molar-refractivity contribution in [3.63, 3.8) is 0 Å². The maximum atomic E-state index is 13.5. The number of benzene rings is 1. The van der Waals surface area contributed by atoms with Crippen LogP contribution in [0.25, 0.3) is 0 Å². The van der Waals surface area contributed by atoms with Crippen LogP contribution >= 0.6 is 0 Å². The number of nitrogens with one attached hydrogen (secondary N) is 1. The van der Waals surface area contributed by atoms with E-state index in [2.05, 4.69) is 5.32 Å². The molecule has 2 heterocycles. The van der Waals surface area contributed by atoms with E-state index in [9.17, 15) is 14.4 Å². The summed E-state index contributed by atoms with van der Waals surface area (Å²) in [6, 6.07) is 11.2. The number of fused-ring (bicyclic) bond motifs is 1. The van der Waals surface area contributed by atoms with E-state index in [1.54, 1.807) is 36.3 Å². The minimum atomic E-state index is -0.290. The van der Waals surface area contributed by atoms with Crippen molar-refractivity contribution in [2.75, 3.05) is 0 Å². The molecule has 0 unspecified atom stereocenters. The molecule has 0 spiro atoms. The molecule has 0 atom stereocenters. The minimum absolute atomic E-state index is 0.0363. The molecular formula is C26H26N2O5. The molecule has 1 saturated carbocycles. The maximum absolute atomic E-state index is 13.5. The molecule has 33 heavy (non-hydrogen) atoms. The van der Waals surface area contributed by atoms with Crippen LogP contribution in [0.1, 0.15) is 79.6 Å². The molecule has 1 fully saturated rings. The lowest BCUT2D eigenvalue weighted by molar-refractivity contribution is 0.0681. The Kier molecular flexibility index (Phi) is 5.62. The molecule has 0 aliphatic heterocycles. The highest BCUT2D eigenvalue weighted by molar-refractivity contribution is 6.03. The first kappa shape index (κ1) is 21.2. The molecule has 7 heteroatoms. The fourth-order valence-corrected chi connectivity index (χ4v) is 4.26. The zero-order valence-corrected chi connectivity index (χ0v) is 18.6. The van der Waals surface area contributed by atoms with Gasteiger partial charge in [-0.15, -0.1) is 0 Å². The summed E-state index contributed by atoms with van der Waals surface area (Å²) >= 11 is 0. The highest BCUT2D eigenvalue weighted by Gasteiger charge is 2.31. The zero-order valence-electron chi connectivity index (χ0n) is 18.6. The SMILES string of the molecule is Cc1c(C(=O)N(Cc2ccc(C(=O)NC3CC3)cc2)Cc2ccco2)oc2c1C(=O)CCC2. The third-order valence-corrected chi connectivity index (χ3v) is 6.22. The van der Waals surface area contributed by atoms with Gasteiger partial charge in [-0.2, -0.15) is 0 Å². The van der Waals surface area contributed by atoms with E-state index < -0.39 is 0 Å². The number of ketones is 1. The Morgan fingerprint density at radius 1 is 1.09 bits per heavy atom. The first-order valence-corrected chi connectivity index (χ1v) is 11.4. The van der Waals surface area contributed by atoms with Crippen molar-refractivity contribution in [3.05, 3.63) is 82.2 Å². The summed E-state index contributed by atoms with van der Waals surface area (Å²) in [5.74, 6) is 1.14. The number of carbonyl (C=O) groups is 3. The van der Waals surface area contributed by atoms with Gasteiger partial charge in [0.1, 0.15) is 11.5 Å². The van der Waals surface area contributed by atoms with Crippen LogP contribution < -0.4 is 5.32 Å². The molecule has 2 amide bonds. The standard InChI is InChI=1S/C26H26N2O5/c1-16-23-21(29)5-2-6-22(23)33-24(16)26(31)28(15-20-4-3-13-32-20)14-17-7-9-18(10-8-17)25(30)27-19-11-12-19/h3-4,7-10,13,19H,2,5-6,11-12,14-15H2,1H3,(H,27,30). The van der Waals surface area contributed by atoms with Gasteiger partial charge < -0.3 is 19.1 Å². The van der Waals surface area contributed by atoms with Crippen LogP contribution in [0, 0.1) is 6.92 Å². The summed E-state index contributed by atoms with van der Waals surface area (Å²) < 4.78 is 11.4. The van der Waals surface area contributed by atoms with Crippen LogP contribution in [0.15, 0.2) is 51.5 Å². The van der Waals surface area contributed by atoms with Crippen LogP contribution in [0.2, 0.25) is 0 Å². The largest absolute Gasteiger partial charge is 0.467 e. The number of hydrogen-bond donors (Lipinski definition) is 1. The molecule has 170 valence electrons. The van der Waals surface area contributed by atoms with Crippen molar-refractivity contribution in [2.24, 2.45) is 0 Å². The Bertz CT molecular complexity index is 1190. The van der Waals surface area contributed by atoms with Crippen LogP contribution in [-0.2, 0) is 19.5 Å². The number of hydrogen-bond acceptors (Lipinski definition) is 5. The summed E-state index contributed by atoms with van der Waals surface area (Å²) in [5.41, 5.74) is 2.65. The van der Waals surface area contributed by atoms with Crippen molar-refractivity contribution in [3.8, 4) is 0 Å². The number of Topliss-reactive ketones (excluding diaryl/α,β-unsaturated/α-hetero) is 1. The summed E-state index contributed by atoms with van der Waals surface area (Å²) in [7, 11) is 0. The molecule has 2 aliphatic rings. The molecule has 1 N–H and O–H groups in total. The third-order valence-electron chi connectivity index (χ3n) is 6.22. The molecule has 3 aromatic rings. The van der Waals surface area contributed by atoms with Gasteiger partial charge in [0, 0.05) is 36.6 Å². The van der Waals surface area contributed by atoms with Crippen molar-refractivity contribution >= 4 is 17.6 Å². The van der Waals surface area contributed by atoms with Gasteiger partial charge in [0.25, 0.3) is 11.8 Å². The van der Waals surface area contributed by atoms with Crippen LogP contribution in [0.3, 0.4) is 0 Å². The van der Waals surface area contributed by atoms with Crippen molar-refractivity contribution < 1.29 is 23.2 Å². The molecule has 1 aromatic carbocycles. The van der Waals surface area contributed by atoms with Crippen LogP contribution in [-0.4, -0.2) is 28.5 Å². The van der Waals surface area contributed by atoms with Crippen molar-refractivity contribution in [1.29, 1.82) is 0 Å². The molecule has 2 aromatic heterocycles. The van der Waals surface area contributed by atoms with Gasteiger partial charge in [-0.05, 0) is 56.0 Å². The smallest absolute Gasteiger partial charge is 0.290 e. The average molecular weight is 447 g/mol. The molecule has 5 rings (SSSR count). The number of furan rings is 2. The van der Waals surface area contributed by atoms with Crippen LogP contribution in [0.5, 0.6) is 0 Å². The van der Waals surface area contributed by atoms with E-state index >= 15 is 0 Å². The van der Waals surface area contributed by atoms with Gasteiger partial charge in [-0.3, -0.25) is 14.4 Å². The summed E-state index contributed by atoms with van der Waals surface area (Å²) in [6.07, 6.45) is 5.53. The molecular weight excluding hydrogens is 420 g/mol. The Labute approximate surface area is 191 Å². The Hall–Kier alpha value is -3.61. The fraction of sp³-hybridized carbons (Fsp3) is 0.346. The molecule has 7 nitrogen and oxygen atoms in total. The summed E-state index contributed by atoms with van der Waals surface area (Å²) in [5, 5.41) is 2.98. The lowest BCUT2D eigenvalue weighted by Crippen LogP contribution is -2.30. The maximum Gasteiger partial charge on any atom is 0.290 e. The van der Waals surface area contributed by atoms with E-state index in [0.717, 1.165) is 24.8 Å². The predicted octanol–water partition coefficient (Wildman–Crippen LogP) is 4.43. The van der Waals surface area contributed by atoms with E-state index in [0.29, 0.717) is 53.6 Å². The predicted molar refractivity (Wildman–Crippen MR) is 120 cm³/mol. The number of rotatable bonds is 7. The van der Waals surface area contributed by atoms with Gasteiger partial charge in [-0.1, -0.05) is 12.1 Å². The Morgan fingerprint density at radius 2 is 1.88 bits per heavy atom. The van der Waals surface area contributed by atoms with E-state index in [1.807, 2.05) is 18.2 Å². The van der Waals surface area contributed by atoms with Gasteiger partial charge in [0.2, 0.25) is 0 Å². The normalized spacial score (nSPS) is 15.2. The molecule has 0 radical (unpaired) electrons. The summed E-state index contributed by atoms with van der Waals surface area (Å²) in [4.78, 5) is 39.8. The highest BCUT2D eigenvalue weighted by Crippen LogP contribution is 2.30. The van der Waals surface area contributed by atoms with Crippen molar-refractivity contribution in [1.82, 2.24) is 10.2 Å². The second-order valence-corrected chi connectivity index (χ2v) is 8.82. The highest BCUT2D eigenvalue weighted by atomic mass is 16.4. The van der Waals surface area contributed by atoms with Gasteiger partial charge in [0.15, 0.2) is 11.5 Å². The second kappa shape index (κ2) is 8.73. The monoisotopic (exact) mass is 446 g/mol. The topological polar surface area (TPSA) is 92.8 Å². The zero-order chi connectivity index (χ0) is 22.9. The number of amides is 2. The quantitative estimate of drug-likeness (QED) is 0.579. The van der Waals surface area contributed by atoms with Gasteiger partial charge >= 0.3 is 0 Å². The number of aryl methyl sites for hydroxylation is 1. The number of nitrogens with zero attached hydrogens (tertiary/aromatic N) is 1. The third kappa shape index (κ3) is 4.49. The first-order chi connectivity index (χ1) is 16.0. The van der Waals surface area contributed by atoms with E-state index in [4.69, 9.17) is 8.83 Å². The average Bonchev–Trinajstić information content (AvgIpc) is 3.34.